The number of carbonyl (C=O) groups is 2. The summed E-state index contributed by atoms with van der Waals surface area (Å²) in [5.74, 6) is -0.227. The molecule has 0 saturated heterocycles. The van der Waals surface area contributed by atoms with Gasteiger partial charge in [-0.1, -0.05) is 48.5 Å². The predicted octanol–water partition coefficient (Wildman–Crippen LogP) is 3.82. The van der Waals surface area contributed by atoms with Crippen LogP contribution >= 0.6 is 0 Å². The van der Waals surface area contributed by atoms with Crippen LogP contribution in [0.3, 0.4) is 0 Å². The van der Waals surface area contributed by atoms with Crippen LogP contribution in [0.15, 0.2) is 72.6 Å². The summed E-state index contributed by atoms with van der Waals surface area (Å²) < 4.78 is 5.12. The first kappa shape index (κ1) is 18.7. The first-order chi connectivity index (χ1) is 14.7. The Labute approximate surface area is 175 Å². The van der Waals surface area contributed by atoms with Gasteiger partial charge < -0.3 is 14.6 Å². The molecule has 1 N–H and O–H groups in total. The molecule has 1 aliphatic heterocycles. The highest BCUT2D eigenvalue weighted by Crippen LogP contribution is 2.43. The molecule has 2 heterocycles. The van der Waals surface area contributed by atoms with E-state index in [9.17, 15) is 9.59 Å². The summed E-state index contributed by atoms with van der Waals surface area (Å²) in [5, 5.41) is 1.11. The van der Waals surface area contributed by atoms with Gasteiger partial charge in [0.2, 0.25) is 0 Å². The van der Waals surface area contributed by atoms with Crippen molar-refractivity contribution in [1.29, 1.82) is 0 Å². The lowest BCUT2D eigenvalue weighted by molar-refractivity contribution is -0.146. The summed E-state index contributed by atoms with van der Waals surface area (Å²) in [7, 11) is 1.42. The van der Waals surface area contributed by atoms with E-state index < -0.39 is 6.04 Å². The number of esters is 1. The third kappa shape index (κ3) is 3.11. The average molecular weight is 400 g/mol. The molecule has 1 saturated carbocycles. The van der Waals surface area contributed by atoms with Crippen molar-refractivity contribution in [2.24, 2.45) is 5.92 Å². The van der Waals surface area contributed by atoms with Gasteiger partial charge >= 0.3 is 5.97 Å². The molecule has 1 aliphatic carbocycles. The third-order valence-corrected chi connectivity index (χ3v) is 6.46. The lowest BCUT2D eigenvalue weighted by atomic mass is 9.94. The second-order valence-corrected chi connectivity index (χ2v) is 8.13. The second kappa shape index (κ2) is 7.48. The number of ether oxygens (including phenoxy) is 1. The number of carbonyl (C=O) groups excluding carboxylic acids is 2. The summed E-state index contributed by atoms with van der Waals surface area (Å²) in [5.41, 5.74) is 4.33. The molecule has 5 heteroatoms. The van der Waals surface area contributed by atoms with Crippen LogP contribution < -0.4 is 0 Å². The number of para-hydroxylation sites is 1. The third-order valence-electron chi connectivity index (χ3n) is 6.46. The topological polar surface area (TPSA) is 62.4 Å². The van der Waals surface area contributed by atoms with E-state index >= 15 is 0 Å². The van der Waals surface area contributed by atoms with Crippen LogP contribution in [0.2, 0.25) is 0 Å². The number of ketones is 1. The molecule has 0 radical (unpaired) electrons. The highest BCUT2D eigenvalue weighted by Gasteiger charge is 2.44. The van der Waals surface area contributed by atoms with Gasteiger partial charge in [-0.05, 0) is 35.4 Å². The van der Waals surface area contributed by atoms with Crippen molar-refractivity contribution in [2.45, 2.75) is 24.8 Å². The maximum absolute atomic E-state index is 13.1. The average Bonchev–Trinajstić information content (AvgIpc) is 3.46. The number of H-pyrrole nitrogens is 1. The molecule has 152 valence electrons. The molecule has 3 aromatic rings. The first-order valence-corrected chi connectivity index (χ1v) is 10.3. The van der Waals surface area contributed by atoms with Gasteiger partial charge in [-0.15, -0.1) is 0 Å². The number of nitrogens with zero attached hydrogens (tertiary/aromatic N) is 1. The molecule has 0 amide bonds. The second-order valence-electron chi connectivity index (χ2n) is 8.13. The van der Waals surface area contributed by atoms with Gasteiger partial charge in [0, 0.05) is 36.0 Å². The fraction of sp³-hybridized carbons (Fsp3) is 0.280. The Bertz CT molecular complexity index is 1130. The number of rotatable bonds is 5. The van der Waals surface area contributed by atoms with Crippen LogP contribution in [-0.4, -0.2) is 41.3 Å². The van der Waals surface area contributed by atoms with Gasteiger partial charge in [-0.2, -0.15) is 0 Å². The van der Waals surface area contributed by atoms with Crippen LogP contribution in [0.25, 0.3) is 10.9 Å². The predicted molar refractivity (Wildman–Crippen MR) is 115 cm³/mol. The zero-order valence-corrected chi connectivity index (χ0v) is 16.9. The van der Waals surface area contributed by atoms with Crippen molar-refractivity contribution in [3.8, 4) is 0 Å². The number of fused-ring (bicyclic) bond motifs is 2. The smallest absolute Gasteiger partial charge is 0.328 e. The minimum absolute atomic E-state index is 0.0743. The van der Waals surface area contributed by atoms with Crippen molar-refractivity contribution >= 4 is 22.7 Å². The van der Waals surface area contributed by atoms with Crippen molar-refractivity contribution < 1.29 is 14.3 Å². The molecule has 1 aromatic heterocycles. The molecule has 1 fully saturated rings. The standard InChI is InChI=1S/C25H24N2O3/c1-30-25(29)23(12-17-13-26-22-10-6-5-9-19(17)22)27-14-18-11-20(24(28)21(18)15-27)16-7-3-2-4-8-16/h2-10,13-14,20-21,23,26H,11-12,15H2,1H3/t20?,21?,23-/m0/s1. The summed E-state index contributed by atoms with van der Waals surface area (Å²) in [6.45, 7) is 0.541. The molecular formula is C25H24N2O3. The Morgan fingerprint density at radius 3 is 2.67 bits per heavy atom. The normalized spacial score (nSPS) is 21.6. The lowest BCUT2D eigenvalue weighted by Gasteiger charge is -2.27. The van der Waals surface area contributed by atoms with Crippen molar-refractivity contribution in [3.05, 3.63) is 83.7 Å². The van der Waals surface area contributed by atoms with E-state index in [1.807, 2.05) is 65.8 Å². The summed E-state index contributed by atoms with van der Waals surface area (Å²) in [6.07, 6.45) is 5.25. The number of hydrogen-bond donors (Lipinski definition) is 1. The fourth-order valence-electron chi connectivity index (χ4n) is 4.90. The lowest BCUT2D eigenvalue weighted by Crippen LogP contribution is -2.41. The number of benzene rings is 2. The molecule has 5 nitrogen and oxygen atoms in total. The Morgan fingerprint density at radius 1 is 1.13 bits per heavy atom. The van der Waals surface area contributed by atoms with E-state index in [2.05, 4.69) is 11.1 Å². The highest BCUT2D eigenvalue weighted by molar-refractivity contribution is 5.94. The number of aromatic amines is 1. The molecule has 2 unspecified atom stereocenters. The van der Waals surface area contributed by atoms with Gasteiger partial charge in [0.15, 0.2) is 0 Å². The zero-order valence-electron chi connectivity index (χ0n) is 16.9. The van der Waals surface area contributed by atoms with E-state index in [-0.39, 0.29) is 23.6 Å². The van der Waals surface area contributed by atoms with Crippen molar-refractivity contribution in [2.75, 3.05) is 13.7 Å². The monoisotopic (exact) mass is 400 g/mol. The van der Waals surface area contributed by atoms with Crippen LogP contribution in [0, 0.1) is 5.92 Å². The minimum Gasteiger partial charge on any atom is -0.467 e. The Morgan fingerprint density at radius 2 is 1.90 bits per heavy atom. The van der Waals surface area contributed by atoms with Crippen LogP contribution in [0.1, 0.15) is 23.5 Å². The van der Waals surface area contributed by atoms with Gasteiger partial charge in [-0.25, -0.2) is 4.79 Å². The first-order valence-electron chi connectivity index (χ1n) is 10.3. The summed E-state index contributed by atoms with van der Waals surface area (Å²) in [6, 6.07) is 17.6. The number of hydrogen-bond acceptors (Lipinski definition) is 4. The van der Waals surface area contributed by atoms with Crippen LogP contribution in [0.5, 0.6) is 0 Å². The summed E-state index contributed by atoms with van der Waals surface area (Å²) >= 11 is 0. The van der Waals surface area contributed by atoms with E-state index in [4.69, 9.17) is 4.74 Å². The Hall–Kier alpha value is -3.34. The maximum atomic E-state index is 13.1. The number of aromatic nitrogens is 1. The molecule has 2 aliphatic rings. The van der Waals surface area contributed by atoms with Crippen LogP contribution in [-0.2, 0) is 20.7 Å². The number of methoxy groups -OCH3 is 1. The van der Waals surface area contributed by atoms with Crippen molar-refractivity contribution in [1.82, 2.24) is 9.88 Å². The fourth-order valence-corrected chi connectivity index (χ4v) is 4.90. The molecule has 30 heavy (non-hydrogen) atoms. The minimum atomic E-state index is -0.449. The molecule has 2 aromatic carbocycles. The Kier molecular flexibility index (Phi) is 4.66. The molecule has 0 bridgehead atoms. The maximum Gasteiger partial charge on any atom is 0.328 e. The van der Waals surface area contributed by atoms with Gasteiger partial charge in [0.25, 0.3) is 0 Å². The summed E-state index contributed by atoms with van der Waals surface area (Å²) in [4.78, 5) is 31.0. The largest absolute Gasteiger partial charge is 0.467 e. The van der Waals surface area contributed by atoms with E-state index in [0.29, 0.717) is 13.0 Å². The van der Waals surface area contributed by atoms with E-state index in [1.54, 1.807) is 0 Å². The van der Waals surface area contributed by atoms with E-state index in [0.717, 1.165) is 34.0 Å². The Balaban J connectivity index is 1.40. The zero-order chi connectivity index (χ0) is 20.7. The highest BCUT2D eigenvalue weighted by atomic mass is 16.5. The van der Waals surface area contributed by atoms with Crippen molar-refractivity contribution in [3.63, 3.8) is 0 Å². The number of nitrogens with one attached hydrogen (secondary N) is 1. The molecule has 5 rings (SSSR count). The van der Waals surface area contributed by atoms with Gasteiger partial charge in [0.05, 0.1) is 13.0 Å². The SMILES string of the molecule is COC(=O)[C@H](Cc1c[nH]c2ccccc12)N1C=C2CC(c3ccccc3)C(=O)C2C1. The van der Waals surface area contributed by atoms with Crippen LogP contribution in [0.4, 0.5) is 0 Å². The van der Waals surface area contributed by atoms with E-state index in [1.165, 1.54) is 7.11 Å². The molecule has 3 atom stereocenters. The van der Waals surface area contributed by atoms with Gasteiger partial charge in [0.1, 0.15) is 11.8 Å². The molecular weight excluding hydrogens is 376 g/mol. The number of Topliss-reactive ketones (excluding diaryl/α,β-unsaturated/α-hetero) is 1. The van der Waals surface area contributed by atoms with Gasteiger partial charge in [-0.3, -0.25) is 4.79 Å². The molecule has 0 spiro atoms. The quantitative estimate of drug-likeness (QED) is 0.662.